The van der Waals surface area contributed by atoms with Crippen molar-refractivity contribution >= 4 is 47.4 Å². The third kappa shape index (κ3) is 8.62. The number of ether oxygens (including phenoxy) is 1. The summed E-state index contributed by atoms with van der Waals surface area (Å²) in [5, 5.41) is 6.77. The van der Waals surface area contributed by atoms with Crippen molar-refractivity contribution in [2.45, 2.75) is 32.9 Å². The van der Waals surface area contributed by atoms with Crippen molar-refractivity contribution in [1.29, 1.82) is 0 Å². The van der Waals surface area contributed by atoms with E-state index in [1.807, 2.05) is 40.0 Å². The average molecular weight is 483 g/mol. The lowest BCUT2D eigenvalue weighted by Gasteiger charge is -2.25. The van der Waals surface area contributed by atoms with Gasteiger partial charge in [0.1, 0.15) is 5.75 Å². The summed E-state index contributed by atoms with van der Waals surface area (Å²) < 4.78 is 5.33. The molecule has 0 bridgehead atoms. The molecule has 0 radical (unpaired) electrons. The van der Waals surface area contributed by atoms with Crippen LogP contribution >= 0.6 is 35.6 Å². The maximum absolute atomic E-state index is 12.0. The van der Waals surface area contributed by atoms with Crippen LogP contribution in [0.2, 0.25) is 5.02 Å². The van der Waals surface area contributed by atoms with Gasteiger partial charge < -0.3 is 20.3 Å². The highest BCUT2D eigenvalue weighted by atomic mass is 127. The van der Waals surface area contributed by atoms with Crippen molar-refractivity contribution in [2.75, 3.05) is 27.7 Å². The van der Waals surface area contributed by atoms with E-state index in [4.69, 9.17) is 16.3 Å². The Morgan fingerprint density at radius 1 is 1.36 bits per heavy atom. The van der Waals surface area contributed by atoms with Gasteiger partial charge in [-0.3, -0.25) is 9.79 Å². The minimum absolute atomic E-state index is 0. The van der Waals surface area contributed by atoms with Gasteiger partial charge in [0.05, 0.1) is 13.7 Å². The molecule has 8 heteroatoms. The van der Waals surface area contributed by atoms with Crippen LogP contribution in [0, 0.1) is 0 Å². The minimum atomic E-state index is -0.258. The van der Waals surface area contributed by atoms with Crippen molar-refractivity contribution in [3.63, 3.8) is 0 Å². The van der Waals surface area contributed by atoms with Gasteiger partial charge in [-0.15, -0.1) is 24.0 Å². The smallest absolute Gasteiger partial charge is 0.240 e. The van der Waals surface area contributed by atoms with E-state index in [0.29, 0.717) is 23.3 Å². The predicted octanol–water partition coefficient (Wildman–Crippen LogP) is 2.89. The Kier molecular flexibility index (Phi) is 10.2. The van der Waals surface area contributed by atoms with Crippen LogP contribution in [-0.2, 0) is 11.3 Å². The summed E-state index contributed by atoms with van der Waals surface area (Å²) in [4.78, 5) is 18.0. The summed E-state index contributed by atoms with van der Waals surface area (Å²) in [6.07, 6.45) is 0. The molecular formula is C17H28ClIN4O2. The number of nitrogens with one attached hydrogen (secondary N) is 2. The molecule has 6 nitrogen and oxygen atoms in total. The van der Waals surface area contributed by atoms with Crippen molar-refractivity contribution in [2.24, 2.45) is 4.99 Å². The van der Waals surface area contributed by atoms with Crippen LogP contribution in [-0.4, -0.2) is 50.1 Å². The van der Waals surface area contributed by atoms with Crippen molar-refractivity contribution in [1.82, 2.24) is 15.5 Å². The first kappa shape index (κ1) is 23.8. The van der Waals surface area contributed by atoms with Crippen molar-refractivity contribution in [3.05, 3.63) is 28.8 Å². The lowest BCUT2D eigenvalue weighted by atomic mass is 10.1. The van der Waals surface area contributed by atoms with Gasteiger partial charge in [0.25, 0.3) is 0 Å². The van der Waals surface area contributed by atoms with Gasteiger partial charge in [-0.05, 0) is 32.9 Å². The van der Waals surface area contributed by atoms with E-state index in [1.54, 1.807) is 25.1 Å². The number of hydrogen-bond donors (Lipinski definition) is 2. The number of halogens is 2. The molecule has 0 aromatic heterocycles. The van der Waals surface area contributed by atoms with Crippen LogP contribution in [0.5, 0.6) is 5.75 Å². The van der Waals surface area contributed by atoms with Crippen LogP contribution in [0.15, 0.2) is 23.2 Å². The normalized spacial score (nSPS) is 11.4. The fourth-order valence-corrected chi connectivity index (χ4v) is 2.33. The third-order valence-electron chi connectivity index (χ3n) is 3.15. The van der Waals surface area contributed by atoms with E-state index in [2.05, 4.69) is 15.6 Å². The summed E-state index contributed by atoms with van der Waals surface area (Å²) in [6, 6.07) is 5.47. The number of benzene rings is 1. The molecule has 1 amide bonds. The quantitative estimate of drug-likeness (QED) is 0.385. The maximum Gasteiger partial charge on any atom is 0.240 e. The van der Waals surface area contributed by atoms with Gasteiger partial charge in [0, 0.05) is 36.8 Å². The molecule has 0 aliphatic heterocycles. The number of methoxy groups -OCH3 is 1. The molecule has 0 heterocycles. The van der Waals surface area contributed by atoms with E-state index in [1.165, 1.54) is 0 Å². The number of hydrogen-bond acceptors (Lipinski definition) is 3. The third-order valence-corrected chi connectivity index (χ3v) is 3.39. The van der Waals surface area contributed by atoms with E-state index in [0.717, 1.165) is 5.56 Å². The molecule has 142 valence electrons. The van der Waals surface area contributed by atoms with E-state index >= 15 is 0 Å². The van der Waals surface area contributed by atoms with Crippen LogP contribution in [0.1, 0.15) is 26.3 Å². The fourth-order valence-electron chi connectivity index (χ4n) is 2.17. The fraction of sp³-hybridized carbons (Fsp3) is 0.529. The Labute approximate surface area is 172 Å². The van der Waals surface area contributed by atoms with Crippen molar-refractivity contribution in [3.8, 4) is 5.75 Å². The highest BCUT2D eigenvalue weighted by molar-refractivity contribution is 14.0. The first-order valence-corrected chi connectivity index (χ1v) is 8.09. The molecule has 0 unspecified atom stereocenters. The van der Waals surface area contributed by atoms with Crippen LogP contribution in [0.25, 0.3) is 0 Å². The summed E-state index contributed by atoms with van der Waals surface area (Å²) >= 11 is 5.97. The number of amides is 1. The molecular weight excluding hydrogens is 455 g/mol. The van der Waals surface area contributed by atoms with Gasteiger partial charge in [0.15, 0.2) is 5.96 Å². The molecule has 0 fully saturated rings. The summed E-state index contributed by atoms with van der Waals surface area (Å²) in [5.74, 6) is 1.27. The van der Waals surface area contributed by atoms with Crippen LogP contribution in [0.4, 0.5) is 0 Å². The minimum Gasteiger partial charge on any atom is -0.496 e. The molecule has 0 atom stereocenters. The topological polar surface area (TPSA) is 66.0 Å². The van der Waals surface area contributed by atoms with Gasteiger partial charge in [-0.25, -0.2) is 0 Å². The second kappa shape index (κ2) is 10.7. The molecule has 0 spiro atoms. The lowest BCUT2D eigenvalue weighted by molar-refractivity contribution is -0.122. The molecule has 1 aromatic carbocycles. The zero-order valence-corrected chi connectivity index (χ0v) is 18.7. The Morgan fingerprint density at radius 2 is 2.00 bits per heavy atom. The molecule has 0 saturated heterocycles. The predicted molar refractivity (Wildman–Crippen MR) is 114 cm³/mol. The van der Waals surface area contributed by atoms with Gasteiger partial charge in [-0.1, -0.05) is 17.7 Å². The Hall–Kier alpha value is -1.22. The molecule has 1 aromatic rings. The maximum atomic E-state index is 12.0. The van der Waals surface area contributed by atoms with Gasteiger partial charge >= 0.3 is 0 Å². The zero-order valence-electron chi connectivity index (χ0n) is 15.6. The van der Waals surface area contributed by atoms with Crippen molar-refractivity contribution < 1.29 is 9.53 Å². The number of likely N-dealkylation sites (N-methyl/N-ethyl adjacent to an activating group) is 1. The highest BCUT2D eigenvalue weighted by Gasteiger charge is 2.17. The molecule has 2 N–H and O–H groups in total. The molecule has 0 saturated carbocycles. The number of rotatable bonds is 5. The van der Waals surface area contributed by atoms with Crippen LogP contribution in [0.3, 0.4) is 0 Å². The van der Waals surface area contributed by atoms with E-state index in [-0.39, 0.29) is 42.0 Å². The van der Waals surface area contributed by atoms with Gasteiger partial charge in [0.2, 0.25) is 5.91 Å². The highest BCUT2D eigenvalue weighted by Crippen LogP contribution is 2.22. The first-order valence-electron chi connectivity index (χ1n) is 7.71. The zero-order chi connectivity index (χ0) is 18.3. The molecule has 1 rings (SSSR count). The SMILES string of the molecule is CN=C(NCc1ccc(Cl)cc1OC)N(C)CC(=O)NC(C)(C)C.I. The first-order chi connectivity index (χ1) is 11.2. The summed E-state index contributed by atoms with van der Waals surface area (Å²) in [7, 11) is 5.10. The molecule has 25 heavy (non-hydrogen) atoms. The molecule has 0 aliphatic carbocycles. The largest absolute Gasteiger partial charge is 0.496 e. The number of nitrogens with zero attached hydrogens (tertiary/aromatic N) is 2. The molecule has 0 aliphatic rings. The second-order valence-electron chi connectivity index (χ2n) is 6.51. The Balaban J connectivity index is 0.00000576. The number of carbonyl (C=O) groups is 1. The standard InChI is InChI=1S/C17H27ClN4O2.HI/c1-17(2,3)21-15(23)11-22(5)16(19-4)20-10-12-7-8-13(18)9-14(12)24-6;/h7-9H,10-11H2,1-6H3,(H,19,20)(H,21,23);1H. The van der Waals surface area contributed by atoms with E-state index in [9.17, 15) is 4.79 Å². The monoisotopic (exact) mass is 482 g/mol. The number of aliphatic imine (C=N–C) groups is 1. The second-order valence-corrected chi connectivity index (χ2v) is 6.95. The lowest BCUT2D eigenvalue weighted by Crippen LogP contribution is -2.48. The summed E-state index contributed by atoms with van der Waals surface area (Å²) in [5.41, 5.74) is 0.696. The average Bonchev–Trinajstić information content (AvgIpc) is 2.46. The number of carbonyl (C=O) groups excluding carboxylic acids is 1. The van der Waals surface area contributed by atoms with E-state index < -0.39 is 0 Å². The Morgan fingerprint density at radius 3 is 2.52 bits per heavy atom. The van der Waals surface area contributed by atoms with Crippen LogP contribution < -0.4 is 15.4 Å². The summed E-state index contributed by atoms with van der Waals surface area (Å²) in [6.45, 7) is 6.58. The number of guanidine groups is 1. The van der Waals surface area contributed by atoms with Gasteiger partial charge in [-0.2, -0.15) is 0 Å². The Bertz CT molecular complexity index is 603.